The Morgan fingerprint density at radius 2 is 1.88 bits per heavy atom. The van der Waals surface area contributed by atoms with Crippen LogP contribution in [0.2, 0.25) is 0 Å². The van der Waals surface area contributed by atoms with E-state index in [-0.39, 0.29) is 6.61 Å². The molecule has 0 aliphatic carbocycles. The van der Waals surface area contributed by atoms with Gasteiger partial charge < -0.3 is 10.4 Å². The summed E-state index contributed by atoms with van der Waals surface area (Å²) in [5, 5.41) is 17.1. The Bertz CT molecular complexity index is 820. The van der Waals surface area contributed by atoms with E-state index in [0.717, 1.165) is 29.3 Å². The van der Waals surface area contributed by atoms with Crippen molar-refractivity contribution in [2.75, 3.05) is 11.9 Å². The van der Waals surface area contributed by atoms with Crippen molar-refractivity contribution in [2.24, 2.45) is 0 Å². The zero-order valence-corrected chi connectivity index (χ0v) is 15.0. The Kier molecular flexibility index (Phi) is 4.97. The standard InChI is InChI=1S/C18H22N4OS/c1-12-13(2)21-22(8-9-23)18(12)19-10-15-4-6-16(7-5-15)17-14(3)20-11-24-17/h4-7,11,19,23H,8-10H2,1-3H3. The molecule has 0 saturated heterocycles. The Hall–Kier alpha value is -2.18. The molecule has 2 N–H and O–H groups in total. The molecule has 0 saturated carbocycles. The Labute approximate surface area is 146 Å². The van der Waals surface area contributed by atoms with Gasteiger partial charge in [-0.05, 0) is 31.9 Å². The zero-order chi connectivity index (χ0) is 17.1. The average molecular weight is 342 g/mol. The summed E-state index contributed by atoms with van der Waals surface area (Å²) >= 11 is 1.67. The fraction of sp³-hybridized carbons (Fsp3) is 0.333. The molecule has 0 aliphatic rings. The number of nitrogens with one attached hydrogen (secondary N) is 1. The normalized spacial score (nSPS) is 11.0. The zero-order valence-electron chi connectivity index (χ0n) is 14.2. The molecule has 0 amide bonds. The topological polar surface area (TPSA) is 63.0 Å². The summed E-state index contributed by atoms with van der Waals surface area (Å²) in [6.45, 7) is 7.38. The summed E-state index contributed by atoms with van der Waals surface area (Å²) in [5.74, 6) is 0.976. The highest BCUT2D eigenvalue weighted by atomic mass is 32.1. The number of nitrogens with zero attached hydrogens (tertiary/aromatic N) is 3. The summed E-state index contributed by atoms with van der Waals surface area (Å²) in [6.07, 6.45) is 0. The highest BCUT2D eigenvalue weighted by molar-refractivity contribution is 7.13. The maximum atomic E-state index is 9.18. The van der Waals surface area contributed by atoms with Gasteiger partial charge in [0.05, 0.1) is 34.9 Å². The van der Waals surface area contributed by atoms with Gasteiger partial charge in [0.2, 0.25) is 0 Å². The van der Waals surface area contributed by atoms with Crippen LogP contribution in [0.25, 0.3) is 10.4 Å². The first kappa shape index (κ1) is 16.7. The van der Waals surface area contributed by atoms with Crippen molar-refractivity contribution in [1.29, 1.82) is 0 Å². The SMILES string of the molecule is Cc1ncsc1-c1ccc(CNc2c(C)c(C)nn2CCO)cc1. The Balaban J connectivity index is 1.73. The number of hydrogen-bond donors (Lipinski definition) is 2. The highest BCUT2D eigenvalue weighted by Crippen LogP contribution is 2.27. The lowest BCUT2D eigenvalue weighted by Crippen LogP contribution is -2.10. The van der Waals surface area contributed by atoms with E-state index in [1.807, 2.05) is 31.0 Å². The van der Waals surface area contributed by atoms with E-state index in [2.05, 4.69) is 39.7 Å². The van der Waals surface area contributed by atoms with Gasteiger partial charge in [0.25, 0.3) is 0 Å². The van der Waals surface area contributed by atoms with Gasteiger partial charge in [0.1, 0.15) is 5.82 Å². The minimum absolute atomic E-state index is 0.0815. The van der Waals surface area contributed by atoms with Crippen LogP contribution in [-0.4, -0.2) is 26.5 Å². The Morgan fingerprint density at radius 3 is 2.50 bits per heavy atom. The monoisotopic (exact) mass is 342 g/mol. The molecule has 0 unspecified atom stereocenters. The quantitative estimate of drug-likeness (QED) is 0.719. The minimum atomic E-state index is 0.0815. The molecule has 2 aromatic heterocycles. The van der Waals surface area contributed by atoms with Gasteiger partial charge in [0.15, 0.2) is 0 Å². The Morgan fingerprint density at radius 1 is 1.12 bits per heavy atom. The van der Waals surface area contributed by atoms with Crippen LogP contribution in [0, 0.1) is 20.8 Å². The summed E-state index contributed by atoms with van der Waals surface area (Å²) < 4.78 is 1.83. The summed E-state index contributed by atoms with van der Waals surface area (Å²) in [5.41, 5.74) is 7.48. The molecule has 1 aromatic carbocycles. The molecule has 24 heavy (non-hydrogen) atoms. The van der Waals surface area contributed by atoms with Crippen molar-refractivity contribution in [3.8, 4) is 10.4 Å². The number of aliphatic hydroxyl groups excluding tert-OH is 1. The number of thiazole rings is 1. The second-order valence-corrected chi connectivity index (χ2v) is 6.68. The number of aromatic nitrogens is 3. The van der Waals surface area contributed by atoms with E-state index in [1.165, 1.54) is 16.0 Å². The molecule has 0 fully saturated rings. The minimum Gasteiger partial charge on any atom is -0.394 e. The van der Waals surface area contributed by atoms with Gasteiger partial charge in [-0.25, -0.2) is 9.67 Å². The van der Waals surface area contributed by atoms with E-state index in [9.17, 15) is 5.11 Å². The molecular weight excluding hydrogens is 320 g/mol. The first-order valence-electron chi connectivity index (χ1n) is 7.98. The highest BCUT2D eigenvalue weighted by Gasteiger charge is 2.11. The van der Waals surface area contributed by atoms with Gasteiger partial charge >= 0.3 is 0 Å². The molecule has 0 radical (unpaired) electrons. The average Bonchev–Trinajstić information content (AvgIpc) is 3.11. The van der Waals surface area contributed by atoms with Crippen LogP contribution < -0.4 is 5.32 Å². The van der Waals surface area contributed by atoms with Gasteiger partial charge in [-0.15, -0.1) is 11.3 Å². The van der Waals surface area contributed by atoms with Crippen LogP contribution in [0.4, 0.5) is 5.82 Å². The smallest absolute Gasteiger partial charge is 0.127 e. The predicted molar refractivity (Wildman–Crippen MR) is 98.4 cm³/mol. The van der Waals surface area contributed by atoms with Gasteiger partial charge in [-0.1, -0.05) is 24.3 Å². The van der Waals surface area contributed by atoms with Crippen LogP contribution >= 0.6 is 11.3 Å². The van der Waals surface area contributed by atoms with Crippen molar-refractivity contribution in [3.05, 3.63) is 52.3 Å². The second kappa shape index (κ2) is 7.15. The van der Waals surface area contributed by atoms with Gasteiger partial charge in [-0.2, -0.15) is 5.10 Å². The fourth-order valence-electron chi connectivity index (χ4n) is 2.69. The molecule has 0 bridgehead atoms. The van der Waals surface area contributed by atoms with Crippen molar-refractivity contribution < 1.29 is 5.11 Å². The predicted octanol–water partition coefficient (Wildman–Crippen LogP) is 3.54. The molecule has 5 nitrogen and oxygen atoms in total. The number of hydrogen-bond acceptors (Lipinski definition) is 5. The van der Waals surface area contributed by atoms with Crippen LogP contribution in [-0.2, 0) is 13.1 Å². The van der Waals surface area contributed by atoms with Crippen LogP contribution in [0.15, 0.2) is 29.8 Å². The molecule has 0 atom stereocenters. The molecular formula is C18H22N4OS. The molecule has 0 aliphatic heterocycles. The number of aryl methyl sites for hydroxylation is 2. The van der Waals surface area contributed by atoms with E-state index in [4.69, 9.17) is 0 Å². The largest absolute Gasteiger partial charge is 0.394 e. The number of anilines is 1. The lowest BCUT2D eigenvalue weighted by molar-refractivity contribution is 0.270. The van der Waals surface area contributed by atoms with Crippen LogP contribution in [0.3, 0.4) is 0 Å². The number of rotatable bonds is 6. The van der Waals surface area contributed by atoms with Crippen molar-refractivity contribution >= 4 is 17.2 Å². The third kappa shape index (κ3) is 3.34. The third-order valence-electron chi connectivity index (χ3n) is 4.16. The number of benzene rings is 1. The molecule has 2 heterocycles. The van der Waals surface area contributed by atoms with Crippen LogP contribution in [0.5, 0.6) is 0 Å². The van der Waals surface area contributed by atoms with E-state index in [1.54, 1.807) is 11.3 Å². The van der Waals surface area contributed by atoms with Gasteiger partial charge in [0, 0.05) is 12.1 Å². The summed E-state index contributed by atoms with van der Waals surface area (Å²) in [4.78, 5) is 5.53. The molecule has 126 valence electrons. The summed E-state index contributed by atoms with van der Waals surface area (Å²) in [7, 11) is 0. The fourth-order valence-corrected chi connectivity index (χ4v) is 3.50. The maximum absolute atomic E-state index is 9.18. The molecule has 0 spiro atoms. The first-order valence-corrected chi connectivity index (χ1v) is 8.86. The van der Waals surface area contributed by atoms with Crippen molar-refractivity contribution in [2.45, 2.75) is 33.9 Å². The lowest BCUT2D eigenvalue weighted by Gasteiger charge is -2.11. The first-order chi connectivity index (χ1) is 11.6. The number of aliphatic hydroxyl groups is 1. The van der Waals surface area contributed by atoms with Gasteiger partial charge in [-0.3, -0.25) is 0 Å². The summed E-state index contributed by atoms with van der Waals surface area (Å²) in [6, 6.07) is 8.55. The van der Waals surface area contributed by atoms with Crippen molar-refractivity contribution in [1.82, 2.24) is 14.8 Å². The van der Waals surface area contributed by atoms with E-state index in [0.29, 0.717) is 6.54 Å². The van der Waals surface area contributed by atoms with E-state index >= 15 is 0 Å². The molecule has 6 heteroatoms. The van der Waals surface area contributed by atoms with Crippen molar-refractivity contribution in [3.63, 3.8) is 0 Å². The maximum Gasteiger partial charge on any atom is 0.127 e. The lowest BCUT2D eigenvalue weighted by atomic mass is 10.1. The third-order valence-corrected chi connectivity index (χ3v) is 5.14. The van der Waals surface area contributed by atoms with E-state index < -0.39 is 0 Å². The second-order valence-electron chi connectivity index (χ2n) is 5.82. The molecule has 3 aromatic rings. The molecule has 3 rings (SSSR count). The van der Waals surface area contributed by atoms with Crippen LogP contribution in [0.1, 0.15) is 22.5 Å².